The fourth-order valence-electron chi connectivity index (χ4n) is 3.71. The zero-order valence-corrected chi connectivity index (χ0v) is 17.1. The fraction of sp³-hybridized carbons (Fsp3) is 0.333. The number of rotatable bonds is 6. The quantitative estimate of drug-likeness (QED) is 0.622. The van der Waals surface area contributed by atoms with E-state index in [4.69, 9.17) is 4.74 Å². The summed E-state index contributed by atoms with van der Waals surface area (Å²) in [5.74, 6) is 1.93. The van der Waals surface area contributed by atoms with Gasteiger partial charge in [-0.05, 0) is 55.2 Å². The Kier molecular flexibility index (Phi) is 5.64. The molecule has 0 atom stereocenters. The Labute approximate surface area is 171 Å². The van der Waals surface area contributed by atoms with Gasteiger partial charge >= 0.3 is 0 Å². The minimum Gasteiger partial charge on any atom is -0.497 e. The highest BCUT2D eigenvalue weighted by Crippen LogP contribution is 2.27. The molecule has 0 N–H and O–H groups in total. The first kappa shape index (κ1) is 19.6. The molecule has 0 saturated carbocycles. The molecule has 0 radical (unpaired) electrons. The first-order valence-electron chi connectivity index (χ1n) is 9.66. The predicted molar refractivity (Wildman–Crippen MR) is 110 cm³/mol. The maximum absolute atomic E-state index is 12.9. The molecule has 152 valence electrons. The normalized spacial score (nSPS) is 16.0. The maximum atomic E-state index is 12.9. The summed E-state index contributed by atoms with van der Waals surface area (Å²) in [6, 6.07) is 16.6. The molecular weight excluding hydrogens is 388 g/mol. The summed E-state index contributed by atoms with van der Waals surface area (Å²) in [5.41, 5.74) is 1.03. The molecule has 8 heteroatoms. The van der Waals surface area contributed by atoms with Gasteiger partial charge in [-0.1, -0.05) is 18.2 Å². The average Bonchev–Trinajstić information content (AvgIpc) is 3.23. The van der Waals surface area contributed by atoms with Crippen molar-refractivity contribution in [2.75, 3.05) is 20.2 Å². The lowest BCUT2D eigenvalue weighted by Gasteiger charge is -2.31. The van der Waals surface area contributed by atoms with E-state index in [0.29, 0.717) is 29.7 Å². The molecule has 1 fully saturated rings. The van der Waals surface area contributed by atoms with E-state index >= 15 is 0 Å². The predicted octanol–water partition coefficient (Wildman–Crippen LogP) is 2.92. The van der Waals surface area contributed by atoms with Gasteiger partial charge in [-0.25, -0.2) is 8.42 Å². The summed E-state index contributed by atoms with van der Waals surface area (Å²) in [6.45, 7) is 1.02. The standard InChI is InChI=1S/C21H24N4O3S/c1-28-19-7-9-20(10-8-19)29(26,27)24-13-11-17(12-14-24)15-21-23-22-16-25(21)18-5-3-2-4-6-18/h2-10,16-17H,11-15H2,1H3. The molecule has 1 aromatic heterocycles. The van der Waals surface area contributed by atoms with Crippen LogP contribution in [0.5, 0.6) is 5.75 Å². The van der Waals surface area contributed by atoms with E-state index in [0.717, 1.165) is 30.8 Å². The van der Waals surface area contributed by atoms with E-state index in [9.17, 15) is 8.42 Å². The van der Waals surface area contributed by atoms with Crippen molar-refractivity contribution >= 4 is 10.0 Å². The Morgan fingerprint density at radius 3 is 2.38 bits per heavy atom. The van der Waals surface area contributed by atoms with Crippen LogP contribution in [0.25, 0.3) is 5.69 Å². The van der Waals surface area contributed by atoms with Crippen molar-refractivity contribution < 1.29 is 13.2 Å². The molecule has 0 unspecified atom stereocenters. The summed E-state index contributed by atoms with van der Waals surface area (Å²) in [5, 5.41) is 8.36. The fourth-order valence-corrected chi connectivity index (χ4v) is 5.18. The number of nitrogens with zero attached hydrogens (tertiary/aromatic N) is 4. The van der Waals surface area contributed by atoms with Gasteiger partial charge in [-0.15, -0.1) is 10.2 Å². The van der Waals surface area contributed by atoms with Crippen LogP contribution in [0.15, 0.2) is 65.8 Å². The van der Waals surface area contributed by atoms with Crippen LogP contribution < -0.4 is 4.74 Å². The van der Waals surface area contributed by atoms with Crippen LogP contribution in [-0.2, 0) is 16.4 Å². The van der Waals surface area contributed by atoms with Gasteiger partial charge in [0.2, 0.25) is 10.0 Å². The zero-order valence-electron chi connectivity index (χ0n) is 16.3. The smallest absolute Gasteiger partial charge is 0.243 e. The second-order valence-corrected chi connectivity index (χ2v) is 9.12. The Morgan fingerprint density at radius 2 is 1.72 bits per heavy atom. The summed E-state index contributed by atoms with van der Waals surface area (Å²) < 4.78 is 34.5. The molecular formula is C21H24N4O3S. The lowest BCUT2D eigenvalue weighted by Crippen LogP contribution is -2.39. The summed E-state index contributed by atoms with van der Waals surface area (Å²) in [7, 11) is -1.92. The van der Waals surface area contributed by atoms with Gasteiger partial charge in [0.05, 0.1) is 12.0 Å². The topological polar surface area (TPSA) is 77.3 Å². The summed E-state index contributed by atoms with van der Waals surface area (Å²) in [4.78, 5) is 0.306. The second-order valence-electron chi connectivity index (χ2n) is 7.18. The van der Waals surface area contributed by atoms with Crippen LogP contribution in [-0.4, -0.2) is 47.7 Å². The van der Waals surface area contributed by atoms with Gasteiger partial charge in [0.1, 0.15) is 17.9 Å². The number of aromatic nitrogens is 3. The molecule has 3 aromatic rings. The molecule has 2 heterocycles. The first-order valence-corrected chi connectivity index (χ1v) is 11.1. The van der Waals surface area contributed by atoms with Crippen LogP contribution >= 0.6 is 0 Å². The van der Waals surface area contributed by atoms with Crippen LogP contribution in [0.3, 0.4) is 0 Å². The van der Waals surface area contributed by atoms with Gasteiger partial charge in [-0.3, -0.25) is 4.57 Å². The lowest BCUT2D eigenvalue weighted by atomic mass is 9.94. The zero-order chi connectivity index (χ0) is 20.3. The Bertz CT molecular complexity index is 1040. The third kappa shape index (κ3) is 4.18. The van der Waals surface area contributed by atoms with Crippen molar-refractivity contribution in [2.45, 2.75) is 24.2 Å². The van der Waals surface area contributed by atoms with Gasteiger partial charge in [-0.2, -0.15) is 4.31 Å². The van der Waals surface area contributed by atoms with E-state index in [2.05, 4.69) is 10.2 Å². The molecule has 1 saturated heterocycles. The number of para-hydroxylation sites is 1. The average molecular weight is 413 g/mol. The van der Waals surface area contributed by atoms with E-state index < -0.39 is 10.0 Å². The van der Waals surface area contributed by atoms with Crippen molar-refractivity contribution in [3.05, 3.63) is 66.7 Å². The van der Waals surface area contributed by atoms with E-state index in [1.165, 1.54) is 0 Å². The lowest BCUT2D eigenvalue weighted by molar-refractivity contribution is 0.270. The third-order valence-electron chi connectivity index (χ3n) is 5.39. The summed E-state index contributed by atoms with van der Waals surface area (Å²) in [6.07, 6.45) is 4.12. The van der Waals surface area contributed by atoms with Crippen molar-refractivity contribution in [3.63, 3.8) is 0 Å². The molecule has 0 amide bonds. The maximum Gasteiger partial charge on any atom is 0.243 e. The van der Waals surface area contributed by atoms with Crippen molar-refractivity contribution in [2.24, 2.45) is 5.92 Å². The monoisotopic (exact) mass is 412 g/mol. The van der Waals surface area contributed by atoms with Gasteiger partial charge in [0, 0.05) is 25.2 Å². The molecule has 29 heavy (non-hydrogen) atoms. The van der Waals surface area contributed by atoms with Crippen molar-refractivity contribution in [1.82, 2.24) is 19.1 Å². The number of piperidine rings is 1. The summed E-state index contributed by atoms with van der Waals surface area (Å²) >= 11 is 0. The molecule has 1 aliphatic heterocycles. The molecule has 0 spiro atoms. The van der Waals surface area contributed by atoms with Crippen LogP contribution in [0.2, 0.25) is 0 Å². The molecule has 0 bridgehead atoms. The minimum atomic E-state index is -3.48. The van der Waals surface area contributed by atoms with Gasteiger partial charge < -0.3 is 4.74 Å². The van der Waals surface area contributed by atoms with Gasteiger partial charge in [0.25, 0.3) is 0 Å². The number of benzene rings is 2. The Balaban J connectivity index is 1.41. The van der Waals surface area contributed by atoms with Crippen molar-refractivity contribution in [3.8, 4) is 11.4 Å². The van der Waals surface area contributed by atoms with Crippen LogP contribution in [0.1, 0.15) is 18.7 Å². The Hall–Kier alpha value is -2.71. The number of sulfonamides is 1. The molecule has 1 aliphatic rings. The highest BCUT2D eigenvalue weighted by Gasteiger charge is 2.30. The number of hydrogen-bond acceptors (Lipinski definition) is 5. The second kappa shape index (κ2) is 8.34. The van der Waals surface area contributed by atoms with Crippen molar-refractivity contribution in [1.29, 1.82) is 0 Å². The molecule has 4 rings (SSSR count). The highest BCUT2D eigenvalue weighted by molar-refractivity contribution is 7.89. The third-order valence-corrected chi connectivity index (χ3v) is 7.31. The first-order chi connectivity index (χ1) is 14.1. The molecule has 0 aliphatic carbocycles. The minimum absolute atomic E-state index is 0.306. The number of ether oxygens (including phenoxy) is 1. The molecule has 7 nitrogen and oxygen atoms in total. The highest BCUT2D eigenvalue weighted by atomic mass is 32.2. The van der Waals surface area contributed by atoms with E-state index in [-0.39, 0.29) is 0 Å². The largest absolute Gasteiger partial charge is 0.497 e. The van der Waals surface area contributed by atoms with Crippen LogP contribution in [0, 0.1) is 5.92 Å². The van der Waals surface area contributed by atoms with Crippen LogP contribution in [0.4, 0.5) is 0 Å². The SMILES string of the molecule is COc1ccc(S(=O)(=O)N2CCC(Cc3nncn3-c3ccccc3)CC2)cc1. The van der Waals surface area contributed by atoms with E-state index in [1.54, 1.807) is 42.0 Å². The molecule has 2 aromatic carbocycles. The van der Waals surface area contributed by atoms with E-state index in [1.807, 2.05) is 34.9 Å². The number of methoxy groups -OCH3 is 1. The Morgan fingerprint density at radius 1 is 1.03 bits per heavy atom. The number of hydrogen-bond donors (Lipinski definition) is 0. The van der Waals surface area contributed by atoms with Gasteiger partial charge in [0.15, 0.2) is 0 Å².